The number of amides is 2. The number of phenols is 1. The number of benzene rings is 2. The summed E-state index contributed by atoms with van der Waals surface area (Å²) in [5.74, 6) is -1.68. The lowest BCUT2D eigenvalue weighted by Crippen LogP contribution is -2.32. The highest BCUT2D eigenvalue weighted by atomic mass is 35.5. The average molecular weight is 415 g/mol. The van der Waals surface area contributed by atoms with Crippen molar-refractivity contribution in [3.63, 3.8) is 0 Å². The molecule has 2 aromatic carbocycles. The Labute approximate surface area is 172 Å². The van der Waals surface area contributed by atoms with E-state index in [1.807, 2.05) is 6.92 Å². The van der Waals surface area contributed by atoms with E-state index in [0.29, 0.717) is 17.9 Å². The van der Waals surface area contributed by atoms with Crippen molar-refractivity contribution in [2.75, 3.05) is 16.8 Å². The summed E-state index contributed by atoms with van der Waals surface area (Å²) >= 11 is 6.08. The lowest BCUT2D eigenvalue weighted by Gasteiger charge is -2.15. The number of anilines is 2. The van der Waals surface area contributed by atoms with Crippen molar-refractivity contribution in [1.82, 2.24) is 0 Å². The van der Waals surface area contributed by atoms with Gasteiger partial charge in [-0.25, -0.2) is 9.69 Å². The van der Waals surface area contributed by atoms with Crippen LogP contribution in [0.1, 0.15) is 30.1 Å². The van der Waals surface area contributed by atoms with Crippen LogP contribution < -0.4 is 10.2 Å². The molecule has 1 aliphatic rings. The van der Waals surface area contributed by atoms with Gasteiger partial charge in [0.05, 0.1) is 17.9 Å². The molecule has 29 heavy (non-hydrogen) atoms. The maximum atomic E-state index is 12.8. The van der Waals surface area contributed by atoms with Gasteiger partial charge >= 0.3 is 5.97 Å². The molecule has 150 valence electrons. The predicted octanol–water partition coefficient (Wildman–Crippen LogP) is 3.78. The van der Waals surface area contributed by atoms with Crippen molar-refractivity contribution >= 4 is 40.8 Å². The molecule has 7 nitrogen and oxygen atoms in total. The van der Waals surface area contributed by atoms with E-state index in [-0.39, 0.29) is 22.2 Å². The molecule has 2 N–H and O–H groups in total. The van der Waals surface area contributed by atoms with Gasteiger partial charge in [0, 0.05) is 5.69 Å². The first kappa shape index (κ1) is 20.4. The molecular weight excluding hydrogens is 396 g/mol. The fourth-order valence-electron chi connectivity index (χ4n) is 2.67. The van der Waals surface area contributed by atoms with Crippen molar-refractivity contribution < 1.29 is 24.2 Å². The molecular formula is C21H19ClN2O5. The van der Waals surface area contributed by atoms with Crippen LogP contribution in [0.3, 0.4) is 0 Å². The fourth-order valence-corrected chi connectivity index (χ4v) is 2.89. The van der Waals surface area contributed by atoms with Crippen LogP contribution in [0, 0.1) is 0 Å². The first-order valence-corrected chi connectivity index (χ1v) is 9.42. The lowest BCUT2D eigenvalue weighted by molar-refractivity contribution is -0.120. The fraction of sp³-hybridized carbons (Fsp3) is 0.190. The standard InChI is InChI=1S/C21H19ClN2O5/c1-2-3-12-29-21(28)13-4-8-15(9-5-13)24-19(26)17(22)18(20(24)27)23-14-6-10-16(25)11-7-14/h4-11,23,25H,2-3,12H2,1H3. The number of halogens is 1. The van der Waals surface area contributed by atoms with Crippen molar-refractivity contribution in [3.05, 3.63) is 64.8 Å². The number of imide groups is 1. The average Bonchev–Trinajstić information content (AvgIpc) is 2.93. The van der Waals surface area contributed by atoms with E-state index in [2.05, 4.69) is 5.32 Å². The molecule has 3 rings (SSSR count). The largest absolute Gasteiger partial charge is 0.508 e. The molecule has 2 amide bonds. The second kappa shape index (κ2) is 8.79. The van der Waals surface area contributed by atoms with Gasteiger partial charge in [0.25, 0.3) is 11.8 Å². The molecule has 0 aromatic heterocycles. The molecule has 1 aliphatic heterocycles. The number of phenolic OH excluding ortho intramolecular Hbond substituents is 1. The van der Waals surface area contributed by atoms with Gasteiger partial charge in [-0.2, -0.15) is 0 Å². The number of carbonyl (C=O) groups is 3. The van der Waals surface area contributed by atoms with Gasteiger partial charge in [-0.15, -0.1) is 0 Å². The lowest BCUT2D eigenvalue weighted by atomic mass is 10.2. The second-order valence-corrected chi connectivity index (χ2v) is 6.72. The zero-order valence-corrected chi connectivity index (χ0v) is 16.4. The van der Waals surface area contributed by atoms with E-state index in [4.69, 9.17) is 16.3 Å². The van der Waals surface area contributed by atoms with Gasteiger partial charge in [-0.3, -0.25) is 9.59 Å². The van der Waals surface area contributed by atoms with Crippen LogP contribution in [-0.2, 0) is 14.3 Å². The number of unbranched alkanes of at least 4 members (excludes halogenated alkanes) is 1. The van der Waals surface area contributed by atoms with E-state index in [1.54, 1.807) is 12.1 Å². The summed E-state index contributed by atoms with van der Waals surface area (Å²) in [6, 6.07) is 11.9. The Bertz CT molecular complexity index is 968. The molecule has 0 aliphatic carbocycles. The van der Waals surface area contributed by atoms with E-state index < -0.39 is 17.8 Å². The molecule has 0 radical (unpaired) electrons. The Morgan fingerprint density at radius 3 is 2.34 bits per heavy atom. The first-order chi connectivity index (χ1) is 13.9. The summed E-state index contributed by atoms with van der Waals surface area (Å²) in [5.41, 5.74) is 1.03. The summed E-state index contributed by atoms with van der Waals surface area (Å²) in [4.78, 5) is 38.2. The van der Waals surface area contributed by atoms with E-state index in [9.17, 15) is 19.5 Å². The zero-order valence-electron chi connectivity index (χ0n) is 15.6. The number of hydrogen-bond acceptors (Lipinski definition) is 6. The molecule has 0 fully saturated rings. The molecule has 0 atom stereocenters. The molecule has 0 saturated carbocycles. The van der Waals surface area contributed by atoms with Crippen molar-refractivity contribution in [2.24, 2.45) is 0 Å². The zero-order chi connectivity index (χ0) is 21.0. The normalized spacial score (nSPS) is 13.8. The molecule has 8 heteroatoms. The quantitative estimate of drug-likeness (QED) is 0.310. The summed E-state index contributed by atoms with van der Waals surface area (Å²) < 4.78 is 5.14. The summed E-state index contributed by atoms with van der Waals surface area (Å²) in [5, 5.41) is 11.9. The minimum Gasteiger partial charge on any atom is -0.508 e. The van der Waals surface area contributed by atoms with E-state index >= 15 is 0 Å². The summed E-state index contributed by atoms with van der Waals surface area (Å²) in [7, 11) is 0. The SMILES string of the molecule is CCCCOC(=O)c1ccc(N2C(=O)C(Cl)=C(Nc3ccc(O)cc3)C2=O)cc1. The smallest absolute Gasteiger partial charge is 0.338 e. The predicted molar refractivity (Wildman–Crippen MR) is 109 cm³/mol. The number of aromatic hydroxyl groups is 1. The second-order valence-electron chi connectivity index (χ2n) is 6.34. The van der Waals surface area contributed by atoms with Gasteiger partial charge < -0.3 is 15.2 Å². The Kier molecular flexibility index (Phi) is 6.19. The highest BCUT2D eigenvalue weighted by molar-refractivity contribution is 6.53. The Hall–Kier alpha value is -3.32. The van der Waals surface area contributed by atoms with Crippen LogP contribution in [0.15, 0.2) is 59.3 Å². The van der Waals surface area contributed by atoms with Gasteiger partial charge in [0.2, 0.25) is 0 Å². The topological polar surface area (TPSA) is 95.9 Å². The number of rotatable bonds is 7. The number of nitrogens with one attached hydrogen (secondary N) is 1. The van der Waals surface area contributed by atoms with E-state index in [0.717, 1.165) is 17.7 Å². The Balaban J connectivity index is 1.75. The summed E-state index contributed by atoms with van der Waals surface area (Å²) in [6.07, 6.45) is 1.70. The van der Waals surface area contributed by atoms with Crippen LogP contribution in [0.4, 0.5) is 11.4 Å². The van der Waals surface area contributed by atoms with Crippen molar-refractivity contribution in [2.45, 2.75) is 19.8 Å². The first-order valence-electron chi connectivity index (χ1n) is 9.04. The van der Waals surface area contributed by atoms with Gasteiger partial charge in [-0.1, -0.05) is 24.9 Å². The Morgan fingerprint density at radius 1 is 1.07 bits per heavy atom. The highest BCUT2D eigenvalue weighted by Gasteiger charge is 2.39. The maximum Gasteiger partial charge on any atom is 0.338 e. The minimum atomic E-state index is -0.670. The maximum absolute atomic E-state index is 12.8. The molecule has 2 aromatic rings. The molecule has 0 bridgehead atoms. The third kappa shape index (κ3) is 4.41. The highest BCUT2D eigenvalue weighted by Crippen LogP contribution is 2.30. The molecule has 0 unspecified atom stereocenters. The molecule has 0 spiro atoms. The number of esters is 1. The van der Waals surface area contributed by atoms with Gasteiger partial charge in [0.15, 0.2) is 0 Å². The number of hydrogen-bond donors (Lipinski definition) is 2. The monoisotopic (exact) mass is 414 g/mol. The molecule has 1 heterocycles. The number of nitrogens with zero attached hydrogens (tertiary/aromatic N) is 1. The number of carbonyl (C=O) groups excluding carboxylic acids is 3. The van der Waals surface area contributed by atoms with E-state index in [1.165, 1.54) is 36.4 Å². The third-order valence-corrected chi connectivity index (χ3v) is 4.61. The van der Waals surface area contributed by atoms with Crippen LogP contribution in [0.25, 0.3) is 0 Å². The van der Waals surface area contributed by atoms with Crippen LogP contribution in [0.5, 0.6) is 5.75 Å². The molecule has 0 saturated heterocycles. The van der Waals surface area contributed by atoms with Crippen molar-refractivity contribution in [1.29, 1.82) is 0 Å². The van der Waals surface area contributed by atoms with Crippen molar-refractivity contribution in [3.8, 4) is 5.75 Å². The van der Waals surface area contributed by atoms with Crippen LogP contribution in [-0.4, -0.2) is 29.5 Å². The minimum absolute atomic E-state index is 0.0644. The Morgan fingerprint density at radius 2 is 1.72 bits per heavy atom. The van der Waals surface area contributed by atoms with Gasteiger partial charge in [0.1, 0.15) is 16.5 Å². The van der Waals surface area contributed by atoms with Crippen LogP contribution in [0.2, 0.25) is 0 Å². The summed E-state index contributed by atoms with van der Waals surface area (Å²) in [6.45, 7) is 2.34. The third-order valence-electron chi connectivity index (χ3n) is 4.26. The number of ether oxygens (including phenoxy) is 1. The van der Waals surface area contributed by atoms with Gasteiger partial charge in [-0.05, 0) is 55.0 Å². The van der Waals surface area contributed by atoms with Crippen LogP contribution >= 0.6 is 11.6 Å².